The van der Waals surface area contributed by atoms with Crippen molar-refractivity contribution in [1.29, 1.82) is 0 Å². The summed E-state index contributed by atoms with van der Waals surface area (Å²) in [4.78, 5) is 23.3. The third-order valence-electron chi connectivity index (χ3n) is 5.16. The minimum absolute atomic E-state index is 0.00489. The first-order valence-corrected chi connectivity index (χ1v) is 12.1. The lowest BCUT2D eigenvalue weighted by atomic mass is 10.1. The van der Waals surface area contributed by atoms with E-state index in [1.807, 2.05) is 22.8 Å². The van der Waals surface area contributed by atoms with Gasteiger partial charge in [-0.25, -0.2) is 0 Å². The molecule has 0 saturated carbocycles. The van der Waals surface area contributed by atoms with Gasteiger partial charge in [0.05, 0.1) is 17.0 Å². The van der Waals surface area contributed by atoms with E-state index in [1.165, 1.54) is 35.0 Å². The molecule has 4 aromatic rings. The quantitative estimate of drug-likeness (QED) is 0.181. The van der Waals surface area contributed by atoms with Crippen LogP contribution < -0.4 is 5.32 Å². The number of nitro groups is 1. The molecule has 1 heterocycles. The molecule has 4 rings (SSSR count). The molecule has 0 aliphatic heterocycles. The number of thioether (sulfide) groups is 1. The highest BCUT2D eigenvalue weighted by Gasteiger charge is 2.18. The molecule has 0 bridgehead atoms. The van der Waals surface area contributed by atoms with Crippen LogP contribution in [-0.4, -0.2) is 25.6 Å². The Hall–Kier alpha value is -3.50. The van der Waals surface area contributed by atoms with Gasteiger partial charge in [0.25, 0.3) is 11.6 Å². The van der Waals surface area contributed by atoms with Crippen molar-refractivity contribution < 1.29 is 9.72 Å². The van der Waals surface area contributed by atoms with Gasteiger partial charge in [-0.2, -0.15) is 0 Å². The summed E-state index contributed by atoms with van der Waals surface area (Å²) >= 11 is 4.90. The summed E-state index contributed by atoms with van der Waals surface area (Å²) in [6, 6.07) is 21.4. The number of carbonyl (C=O) groups excluding carboxylic acids is 1. The molecule has 172 valence electrons. The van der Waals surface area contributed by atoms with Crippen molar-refractivity contribution in [2.45, 2.75) is 24.4 Å². The monoisotopic (exact) mass is 537 g/mol. The molecule has 0 unspecified atom stereocenters. The van der Waals surface area contributed by atoms with Gasteiger partial charge in [0.2, 0.25) is 0 Å². The summed E-state index contributed by atoms with van der Waals surface area (Å²) in [5, 5.41) is 23.2. The summed E-state index contributed by atoms with van der Waals surface area (Å²) < 4.78 is 2.51. The maximum absolute atomic E-state index is 12.7. The highest BCUT2D eigenvalue weighted by molar-refractivity contribution is 9.10. The predicted octanol–water partition coefficient (Wildman–Crippen LogP) is 5.47. The first kappa shape index (κ1) is 23.7. The third kappa shape index (κ3) is 5.35. The Morgan fingerprint density at radius 3 is 2.47 bits per heavy atom. The highest BCUT2D eigenvalue weighted by Crippen LogP contribution is 2.27. The molecule has 0 saturated heterocycles. The van der Waals surface area contributed by atoms with Gasteiger partial charge in [0, 0.05) is 28.0 Å². The number of nitrogens with zero attached hydrogens (tertiary/aromatic N) is 4. The lowest BCUT2D eigenvalue weighted by molar-refractivity contribution is -0.384. The smallest absolute Gasteiger partial charge is 0.269 e. The minimum Gasteiger partial charge on any atom is -0.345 e. The zero-order valence-corrected chi connectivity index (χ0v) is 20.5. The second-order valence-electron chi connectivity index (χ2n) is 7.39. The molecule has 1 amide bonds. The Morgan fingerprint density at radius 1 is 1.06 bits per heavy atom. The average Bonchev–Trinajstić information content (AvgIpc) is 3.25. The van der Waals surface area contributed by atoms with E-state index in [0.717, 1.165) is 0 Å². The summed E-state index contributed by atoms with van der Waals surface area (Å²) in [7, 11) is 0. The maximum atomic E-state index is 12.7. The predicted molar refractivity (Wildman–Crippen MR) is 134 cm³/mol. The van der Waals surface area contributed by atoms with E-state index in [2.05, 4.69) is 50.5 Å². The first-order valence-electron chi connectivity index (χ1n) is 10.3. The molecule has 1 aromatic heterocycles. The molecule has 0 radical (unpaired) electrons. The van der Waals surface area contributed by atoms with Gasteiger partial charge in [-0.05, 0) is 58.2 Å². The van der Waals surface area contributed by atoms with Crippen LogP contribution in [0.2, 0.25) is 0 Å². The summed E-state index contributed by atoms with van der Waals surface area (Å²) in [5.74, 6) is 0.947. The zero-order chi connectivity index (χ0) is 24.1. The number of aryl methyl sites for hydroxylation is 1. The van der Waals surface area contributed by atoms with Crippen LogP contribution in [0.3, 0.4) is 0 Å². The van der Waals surface area contributed by atoms with Gasteiger partial charge >= 0.3 is 0 Å². The molecule has 34 heavy (non-hydrogen) atoms. The normalized spacial score (nSPS) is 10.8. The van der Waals surface area contributed by atoms with Crippen molar-refractivity contribution in [3.05, 3.63) is 110 Å². The SMILES string of the molecule is Cc1ccccc1CSc1nnc(CNC(=O)c2ccccc2Br)n1-c1ccc([N+](=O)[O-])cc1. The summed E-state index contributed by atoms with van der Waals surface area (Å²) in [5.41, 5.74) is 3.53. The minimum atomic E-state index is -0.442. The average molecular weight is 538 g/mol. The van der Waals surface area contributed by atoms with Crippen LogP contribution in [0.15, 0.2) is 82.4 Å². The first-order chi connectivity index (χ1) is 16.4. The number of benzene rings is 3. The van der Waals surface area contributed by atoms with Crippen molar-refractivity contribution in [3.63, 3.8) is 0 Å². The van der Waals surface area contributed by atoms with Crippen LogP contribution in [0.5, 0.6) is 0 Å². The van der Waals surface area contributed by atoms with E-state index >= 15 is 0 Å². The lowest BCUT2D eigenvalue weighted by Crippen LogP contribution is -2.25. The molecule has 1 N–H and O–H groups in total. The molecule has 0 fully saturated rings. The molecule has 0 spiro atoms. The van der Waals surface area contributed by atoms with Gasteiger partial charge in [0.15, 0.2) is 11.0 Å². The molecule has 0 aliphatic rings. The lowest BCUT2D eigenvalue weighted by Gasteiger charge is -2.12. The van der Waals surface area contributed by atoms with Crippen molar-refractivity contribution >= 4 is 39.3 Å². The Kier molecular flexibility index (Phi) is 7.39. The van der Waals surface area contributed by atoms with Crippen molar-refractivity contribution in [2.24, 2.45) is 0 Å². The fraction of sp³-hybridized carbons (Fsp3) is 0.125. The van der Waals surface area contributed by atoms with Crippen molar-refractivity contribution in [3.8, 4) is 5.69 Å². The fourth-order valence-corrected chi connectivity index (χ4v) is 4.82. The van der Waals surface area contributed by atoms with Gasteiger partial charge in [-0.15, -0.1) is 10.2 Å². The van der Waals surface area contributed by atoms with Crippen LogP contribution in [-0.2, 0) is 12.3 Å². The Labute approximate surface area is 208 Å². The van der Waals surface area contributed by atoms with E-state index in [4.69, 9.17) is 0 Å². The zero-order valence-electron chi connectivity index (χ0n) is 18.1. The second-order valence-corrected chi connectivity index (χ2v) is 9.18. The number of rotatable bonds is 8. The number of halogens is 1. The van der Waals surface area contributed by atoms with Crippen LogP contribution in [0.4, 0.5) is 5.69 Å². The molecule has 0 aliphatic carbocycles. The number of carbonyl (C=O) groups is 1. The van der Waals surface area contributed by atoms with Gasteiger partial charge in [0.1, 0.15) is 0 Å². The number of amides is 1. The van der Waals surface area contributed by atoms with E-state index < -0.39 is 4.92 Å². The van der Waals surface area contributed by atoms with Crippen LogP contribution in [0, 0.1) is 17.0 Å². The molecule has 0 atom stereocenters. The Bertz CT molecular complexity index is 1340. The van der Waals surface area contributed by atoms with Crippen molar-refractivity contribution in [1.82, 2.24) is 20.1 Å². The molecule has 3 aromatic carbocycles. The molecule has 8 nitrogen and oxygen atoms in total. The summed E-state index contributed by atoms with van der Waals surface area (Å²) in [6.07, 6.45) is 0. The van der Waals surface area contributed by atoms with Gasteiger partial charge in [-0.1, -0.05) is 48.2 Å². The van der Waals surface area contributed by atoms with Crippen LogP contribution >= 0.6 is 27.7 Å². The van der Waals surface area contributed by atoms with Gasteiger partial charge in [-0.3, -0.25) is 19.5 Å². The van der Waals surface area contributed by atoms with E-state index in [0.29, 0.717) is 32.5 Å². The number of hydrogen-bond donors (Lipinski definition) is 1. The van der Waals surface area contributed by atoms with E-state index in [-0.39, 0.29) is 18.1 Å². The molecular formula is C24H20BrN5O3S. The van der Waals surface area contributed by atoms with E-state index in [1.54, 1.807) is 30.3 Å². The van der Waals surface area contributed by atoms with Gasteiger partial charge < -0.3 is 5.32 Å². The largest absolute Gasteiger partial charge is 0.345 e. The van der Waals surface area contributed by atoms with Crippen LogP contribution in [0.25, 0.3) is 5.69 Å². The summed E-state index contributed by atoms with van der Waals surface area (Å²) in [6.45, 7) is 2.19. The molecular weight excluding hydrogens is 518 g/mol. The molecule has 10 heteroatoms. The number of hydrogen-bond acceptors (Lipinski definition) is 6. The number of nitrogens with one attached hydrogen (secondary N) is 1. The topological polar surface area (TPSA) is 103 Å². The number of non-ortho nitro benzene ring substituents is 1. The third-order valence-corrected chi connectivity index (χ3v) is 6.83. The fourth-order valence-electron chi connectivity index (χ4n) is 3.31. The standard InChI is InChI=1S/C24H20BrN5O3S/c1-16-6-2-3-7-17(16)15-34-24-28-27-22(14-26-23(31)20-8-4-5-9-21(20)25)29(24)18-10-12-19(13-11-18)30(32)33/h2-13H,14-15H2,1H3,(H,26,31). The maximum Gasteiger partial charge on any atom is 0.269 e. The van der Waals surface area contributed by atoms with Crippen LogP contribution in [0.1, 0.15) is 27.3 Å². The number of aromatic nitrogens is 3. The van der Waals surface area contributed by atoms with E-state index in [9.17, 15) is 14.9 Å². The van der Waals surface area contributed by atoms with Crippen molar-refractivity contribution in [2.75, 3.05) is 0 Å². The Morgan fingerprint density at radius 2 is 1.76 bits per heavy atom. The highest BCUT2D eigenvalue weighted by atomic mass is 79.9. The number of nitro benzene ring substituents is 1. The second kappa shape index (κ2) is 10.6. The Balaban J connectivity index is 1.61.